The zero-order chi connectivity index (χ0) is 6.85. The Labute approximate surface area is 51.5 Å². The van der Waals surface area contributed by atoms with Gasteiger partial charge < -0.3 is 4.74 Å². The van der Waals surface area contributed by atoms with Gasteiger partial charge in [-0.2, -0.15) is 0 Å². The van der Waals surface area contributed by atoms with Crippen LogP contribution >= 0.6 is 0 Å². The molecule has 0 bridgehead atoms. The fraction of sp³-hybridized carbons (Fsp3) is 0.200. The second-order valence-corrected chi connectivity index (χ2v) is 1.50. The van der Waals surface area contributed by atoms with Gasteiger partial charge in [-0.15, -0.1) is 0 Å². The number of allylic oxidation sites excluding steroid dienone is 1. The van der Waals surface area contributed by atoms with Crippen LogP contribution in [-0.4, -0.2) is 12.1 Å². The third-order valence-electron chi connectivity index (χ3n) is 0.931. The highest BCUT2D eigenvalue weighted by Gasteiger charge is 2.24. The van der Waals surface area contributed by atoms with E-state index in [1.54, 1.807) is 6.92 Å². The second kappa shape index (κ2) is 1.89. The average Bonchev–Trinajstić information content (AvgIpc) is 2.10. The van der Waals surface area contributed by atoms with E-state index >= 15 is 0 Å². The van der Waals surface area contributed by atoms with Gasteiger partial charge in [0.15, 0.2) is 0 Å². The maximum Gasteiger partial charge on any atom is 0.419 e. The molecule has 1 fully saturated rings. The summed E-state index contributed by atoms with van der Waals surface area (Å²) in [4.78, 5) is 20.7. The second-order valence-electron chi connectivity index (χ2n) is 1.50. The van der Waals surface area contributed by atoms with Crippen LogP contribution in [0.2, 0.25) is 0 Å². The molecule has 0 aromatic rings. The molecular formula is C5H5NO3. The molecule has 0 atom stereocenters. The summed E-state index contributed by atoms with van der Waals surface area (Å²) in [6.07, 6.45) is 0.779. The maximum absolute atomic E-state index is 10.4. The summed E-state index contributed by atoms with van der Waals surface area (Å²) in [6.45, 7) is 1.64. The van der Waals surface area contributed by atoms with Gasteiger partial charge in [-0.25, -0.2) is 9.59 Å². The highest BCUT2D eigenvalue weighted by atomic mass is 16.6. The first-order chi connectivity index (χ1) is 4.24. The number of carbonyl (C=O) groups excluding carboxylic acids is 2. The topological polar surface area (TPSA) is 55.4 Å². The van der Waals surface area contributed by atoms with Crippen molar-refractivity contribution in [1.82, 2.24) is 5.32 Å². The zero-order valence-electron chi connectivity index (χ0n) is 4.80. The molecule has 1 saturated heterocycles. The molecule has 0 radical (unpaired) electrons. The molecule has 4 nitrogen and oxygen atoms in total. The zero-order valence-corrected chi connectivity index (χ0v) is 4.80. The number of amides is 1. The van der Waals surface area contributed by atoms with Gasteiger partial charge in [-0.1, -0.05) is 6.08 Å². The van der Waals surface area contributed by atoms with E-state index in [9.17, 15) is 9.59 Å². The van der Waals surface area contributed by atoms with Crippen molar-refractivity contribution in [2.75, 3.05) is 0 Å². The average molecular weight is 127 g/mol. The van der Waals surface area contributed by atoms with E-state index in [0.29, 0.717) is 0 Å². The van der Waals surface area contributed by atoms with Crippen molar-refractivity contribution in [3.63, 3.8) is 0 Å². The number of hydrogen-bond donors (Lipinski definition) is 1. The van der Waals surface area contributed by atoms with Crippen LogP contribution < -0.4 is 5.32 Å². The Morgan fingerprint density at radius 2 is 2.22 bits per heavy atom. The van der Waals surface area contributed by atoms with Crippen molar-refractivity contribution in [2.45, 2.75) is 6.92 Å². The normalized spacial score (nSPS) is 22.1. The minimum atomic E-state index is -0.701. The van der Waals surface area contributed by atoms with E-state index in [1.807, 2.05) is 0 Å². The number of hydrogen-bond acceptors (Lipinski definition) is 3. The van der Waals surface area contributed by atoms with E-state index < -0.39 is 12.1 Å². The highest BCUT2D eigenvalue weighted by molar-refractivity contribution is 6.03. The SMILES string of the molecule is CC=C1NC(=O)OC1=O. The van der Waals surface area contributed by atoms with Gasteiger partial charge in [0.25, 0.3) is 0 Å². The Morgan fingerprint density at radius 1 is 1.56 bits per heavy atom. The predicted molar refractivity (Wildman–Crippen MR) is 28.4 cm³/mol. The monoisotopic (exact) mass is 127 g/mol. The van der Waals surface area contributed by atoms with E-state index in [4.69, 9.17) is 0 Å². The van der Waals surface area contributed by atoms with Gasteiger partial charge in [0.05, 0.1) is 0 Å². The first-order valence-electron chi connectivity index (χ1n) is 2.43. The lowest BCUT2D eigenvalue weighted by molar-refractivity contribution is -0.130. The van der Waals surface area contributed by atoms with Crippen molar-refractivity contribution in [1.29, 1.82) is 0 Å². The number of carbonyl (C=O) groups is 2. The molecule has 1 aliphatic rings. The summed E-state index contributed by atoms with van der Waals surface area (Å²) in [6, 6.07) is 0. The number of ether oxygens (including phenoxy) is 1. The van der Waals surface area contributed by atoms with Gasteiger partial charge in [0, 0.05) is 0 Å². The standard InChI is InChI=1S/C5H5NO3/c1-2-3-4(7)9-5(8)6-3/h2H,1H3,(H,6,8). The van der Waals surface area contributed by atoms with Gasteiger partial charge >= 0.3 is 12.1 Å². The fourth-order valence-corrected chi connectivity index (χ4v) is 0.516. The summed E-state index contributed by atoms with van der Waals surface area (Å²) in [5.41, 5.74) is 0.208. The van der Waals surface area contributed by atoms with E-state index in [-0.39, 0.29) is 5.70 Å². The van der Waals surface area contributed by atoms with Crippen LogP contribution in [0.4, 0.5) is 4.79 Å². The first-order valence-corrected chi connectivity index (χ1v) is 2.43. The Bertz CT molecular complexity index is 194. The maximum atomic E-state index is 10.4. The Kier molecular flexibility index (Phi) is 1.22. The molecule has 0 saturated carbocycles. The van der Waals surface area contributed by atoms with Crippen LogP contribution in [0.5, 0.6) is 0 Å². The Balaban J connectivity index is 2.81. The third kappa shape index (κ3) is 0.910. The van der Waals surface area contributed by atoms with E-state index in [0.717, 1.165) is 0 Å². The summed E-state index contributed by atoms with van der Waals surface area (Å²) < 4.78 is 4.11. The van der Waals surface area contributed by atoms with Gasteiger partial charge in [0.1, 0.15) is 5.70 Å². The summed E-state index contributed by atoms with van der Waals surface area (Å²) in [5, 5.41) is 2.20. The summed E-state index contributed by atoms with van der Waals surface area (Å²) in [5.74, 6) is -0.609. The number of nitrogens with one attached hydrogen (secondary N) is 1. The van der Waals surface area contributed by atoms with Gasteiger partial charge in [0.2, 0.25) is 0 Å². The molecule has 4 heteroatoms. The lowest BCUT2D eigenvalue weighted by Gasteiger charge is -1.82. The molecule has 1 N–H and O–H groups in total. The molecule has 1 rings (SSSR count). The van der Waals surface area contributed by atoms with Crippen LogP contribution in [0.3, 0.4) is 0 Å². The van der Waals surface area contributed by atoms with E-state index in [1.165, 1.54) is 6.08 Å². The molecule has 9 heavy (non-hydrogen) atoms. The van der Waals surface area contributed by atoms with Gasteiger partial charge in [-0.3, -0.25) is 5.32 Å². The molecule has 1 amide bonds. The Morgan fingerprint density at radius 3 is 2.44 bits per heavy atom. The van der Waals surface area contributed by atoms with E-state index in [2.05, 4.69) is 10.1 Å². The lowest BCUT2D eigenvalue weighted by Crippen LogP contribution is -2.10. The molecule has 1 heterocycles. The molecule has 0 aromatic heterocycles. The third-order valence-corrected chi connectivity index (χ3v) is 0.931. The fourth-order valence-electron chi connectivity index (χ4n) is 0.516. The number of alkyl carbamates (subject to hydrolysis) is 1. The van der Waals surface area contributed by atoms with Crippen LogP contribution in [0, 0.1) is 0 Å². The number of rotatable bonds is 0. The largest absolute Gasteiger partial charge is 0.419 e. The lowest BCUT2D eigenvalue weighted by atomic mass is 10.4. The molecule has 0 spiro atoms. The molecular weight excluding hydrogens is 122 g/mol. The minimum absolute atomic E-state index is 0.208. The Hall–Kier alpha value is -1.32. The van der Waals surface area contributed by atoms with Crippen molar-refractivity contribution < 1.29 is 14.3 Å². The summed E-state index contributed by atoms with van der Waals surface area (Å²) >= 11 is 0. The van der Waals surface area contributed by atoms with Crippen molar-refractivity contribution in [3.05, 3.63) is 11.8 Å². The smallest absolute Gasteiger partial charge is 0.371 e. The van der Waals surface area contributed by atoms with Gasteiger partial charge in [-0.05, 0) is 6.92 Å². The summed E-state index contributed by atoms with van der Waals surface area (Å²) in [7, 11) is 0. The molecule has 0 aromatic carbocycles. The minimum Gasteiger partial charge on any atom is -0.371 e. The van der Waals surface area contributed by atoms with Crippen LogP contribution in [0.15, 0.2) is 11.8 Å². The molecule has 0 aliphatic carbocycles. The van der Waals surface area contributed by atoms with Crippen LogP contribution in [0.25, 0.3) is 0 Å². The quantitative estimate of drug-likeness (QED) is 0.286. The molecule has 1 aliphatic heterocycles. The van der Waals surface area contributed by atoms with Crippen LogP contribution in [-0.2, 0) is 9.53 Å². The predicted octanol–water partition coefficient (Wildman–Crippen LogP) is 0.157. The highest BCUT2D eigenvalue weighted by Crippen LogP contribution is 2.01. The van der Waals surface area contributed by atoms with Crippen molar-refractivity contribution >= 4 is 12.1 Å². The van der Waals surface area contributed by atoms with Crippen molar-refractivity contribution in [2.24, 2.45) is 0 Å². The van der Waals surface area contributed by atoms with Crippen LogP contribution in [0.1, 0.15) is 6.92 Å². The number of esters is 1. The number of cyclic esters (lactones) is 2. The molecule has 0 unspecified atom stereocenters. The van der Waals surface area contributed by atoms with Crippen molar-refractivity contribution in [3.8, 4) is 0 Å². The molecule has 48 valence electrons. The first kappa shape index (κ1) is 5.81.